The molecule has 0 saturated carbocycles. The van der Waals surface area contributed by atoms with E-state index in [-0.39, 0.29) is 0 Å². The highest BCUT2D eigenvalue weighted by atomic mass is 16.5. The van der Waals surface area contributed by atoms with Crippen LogP contribution in [0, 0.1) is 0 Å². The molecule has 1 N–H and O–H groups in total. The maximum absolute atomic E-state index is 5.55. The minimum atomic E-state index is 0.679. The Morgan fingerprint density at radius 2 is 1.54 bits per heavy atom. The van der Waals surface area contributed by atoms with Crippen molar-refractivity contribution >= 4 is 49.4 Å². The van der Waals surface area contributed by atoms with E-state index in [0.29, 0.717) is 11.5 Å². The number of rotatable bonds is 2. The van der Waals surface area contributed by atoms with Crippen molar-refractivity contribution in [2.75, 3.05) is 14.2 Å². The molecule has 0 spiro atoms. The summed E-state index contributed by atoms with van der Waals surface area (Å²) in [5.74, 6) is 1.37. The van der Waals surface area contributed by atoms with Gasteiger partial charge < -0.3 is 14.5 Å². The number of imidazole rings is 1. The summed E-state index contributed by atoms with van der Waals surface area (Å²) in [4.78, 5) is 8.61. The highest BCUT2D eigenvalue weighted by Crippen LogP contribution is 2.39. The second-order valence-electron chi connectivity index (χ2n) is 6.90. The number of nitrogens with one attached hydrogen (secondary N) is 1. The number of hydrogen-bond donors (Lipinski definition) is 1. The molecular weight excluding hydrogens is 350 g/mol. The lowest BCUT2D eigenvalue weighted by Gasteiger charge is -2.08. The van der Waals surface area contributed by atoms with Crippen molar-refractivity contribution in [1.29, 1.82) is 0 Å². The van der Waals surface area contributed by atoms with Crippen LogP contribution in [0.1, 0.15) is 0 Å². The van der Waals surface area contributed by atoms with Crippen molar-refractivity contribution in [2.24, 2.45) is 0 Å². The number of H-pyrrole nitrogens is 1. The van der Waals surface area contributed by atoms with Crippen LogP contribution in [0.4, 0.5) is 0 Å². The molecule has 3 aromatic carbocycles. The molecule has 5 nitrogen and oxygen atoms in total. The van der Waals surface area contributed by atoms with Gasteiger partial charge in [0.05, 0.1) is 41.7 Å². The normalized spacial score (nSPS) is 11.9. The van der Waals surface area contributed by atoms with Crippen molar-refractivity contribution < 1.29 is 9.47 Å². The predicted molar refractivity (Wildman–Crippen MR) is 113 cm³/mol. The van der Waals surface area contributed by atoms with E-state index < -0.39 is 0 Å². The number of para-hydroxylation sites is 2. The zero-order valence-corrected chi connectivity index (χ0v) is 15.5. The maximum Gasteiger partial charge on any atom is 0.163 e. The van der Waals surface area contributed by atoms with E-state index in [0.717, 1.165) is 44.0 Å². The molecule has 6 aromatic rings. The molecule has 0 aliphatic carbocycles. The number of aromatic nitrogens is 3. The summed E-state index contributed by atoms with van der Waals surface area (Å²) in [6.07, 6.45) is 0. The van der Waals surface area contributed by atoms with E-state index >= 15 is 0 Å². The summed E-state index contributed by atoms with van der Waals surface area (Å²) in [5, 5.41) is 3.46. The topological polar surface area (TPSA) is 51.5 Å². The van der Waals surface area contributed by atoms with Crippen LogP contribution in [-0.4, -0.2) is 28.6 Å². The highest BCUT2D eigenvalue weighted by Gasteiger charge is 2.19. The van der Waals surface area contributed by atoms with Gasteiger partial charge in [0.2, 0.25) is 0 Å². The molecule has 0 bridgehead atoms. The van der Waals surface area contributed by atoms with E-state index in [1.807, 2.05) is 12.1 Å². The van der Waals surface area contributed by atoms with Crippen LogP contribution >= 0.6 is 0 Å². The number of pyridine rings is 1. The van der Waals surface area contributed by atoms with Crippen molar-refractivity contribution in [3.05, 3.63) is 60.7 Å². The molecular formula is C23H17N3O2. The van der Waals surface area contributed by atoms with Crippen molar-refractivity contribution in [3.63, 3.8) is 0 Å². The number of methoxy groups -OCH3 is 2. The molecule has 0 fully saturated rings. The van der Waals surface area contributed by atoms with Crippen LogP contribution < -0.4 is 9.47 Å². The Balaban J connectivity index is 1.96. The van der Waals surface area contributed by atoms with Crippen LogP contribution in [0.25, 0.3) is 49.4 Å². The molecule has 5 heteroatoms. The molecule has 136 valence electrons. The fraction of sp³-hybridized carbons (Fsp3) is 0.0870. The average molecular weight is 367 g/mol. The SMILES string of the molecule is COc1cc2nc3c4c5ccccc5[nH]c4c4ccccc4n3c2cc1OC. The standard InChI is InChI=1S/C23H17N3O2/c1-27-19-11-16-18(12-20(19)28-2)26-17-10-6-4-8-14(17)22-21(23(26)25-16)13-7-3-5-9-15(13)24-22/h3-12,24H,1-2H3. The van der Waals surface area contributed by atoms with Gasteiger partial charge in [0, 0.05) is 28.4 Å². The Kier molecular flexibility index (Phi) is 2.95. The molecule has 0 atom stereocenters. The van der Waals surface area contributed by atoms with E-state index in [4.69, 9.17) is 14.5 Å². The first-order valence-corrected chi connectivity index (χ1v) is 9.15. The first-order valence-electron chi connectivity index (χ1n) is 9.15. The smallest absolute Gasteiger partial charge is 0.163 e. The minimum absolute atomic E-state index is 0.679. The van der Waals surface area contributed by atoms with E-state index in [2.05, 4.69) is 57.9 Å². The summed E-state index contributed by atoms with van der Waals surface area (Å²) in [6.45, 7) is 0. The van der Waals surface area contributed by atoms with E-state index in [9.17, 15) is 0 Å². The summed E-state index contributed by atoms with van der Waals surface area (Å²) < 4.78 is 13.3. The minimum Gasteiger partial charge on any atom is -0.493 e. The van der Waals surface area contributed by atoms with Crippen LogP contribution in [-0.2, 0) is 0 Å². The van der Waals surface area contributed by atoms with Gasteiger partial charge in [0.25, 0.3) is 0 Å². The van der Waals surface area contributed by atoms with Gasteiger partial charge in [0.15, 0.2) is 11.5 Å². The van der Waals surface area contributed by atoms with E-state index in [1.165, 1.54) is 5.39 Å². The number of ether oxygens (including phenoxy) is 2. The lowest BCUT2D eigenvalue weighted by Crippen LogP contribution is -1.92. The molecule has 0 aliphatic heterocycles. The third kappa shape index (κ3) is 1.83. The van der Waals surface area contributed by atoms with Gasteiger partial charge in [-0.05, 0) is 12.1 Å². The average Bonchev–Trinajstić information content (AvgIpc) is 3.31. The third-order valence-electron chi connectivity index (χ3n) is 5.50. The van der Waals surface area contributed by atoms with Crippen molar-refractivity contribution in [2.45, 2.75) is 0 Å². The largest absolute Gasteiger partial charge is 0.493 e. The Labute approximate surface area is 160 Å². The molecule has 0 aliphatic rings. The van der Waals surface area contributed by atoms with Gasteiger partial charge in [-0.2, -0.15) is 0 Å². The molecule has 0 radical (unpaired) electrons. The molecule has 0 amide bonds. The Bertz CT molecular complexity index is 1540. The second-order valence-corrected chi connectivity index (χ2v) is 6.90. The van der Waals surface area contributed by atoms with Gasteiger partial charge in [-0.1, -0.05) is 36.4 Å². The summed E-state index contributed by atoms with van der Waals surface area (Å²) in [5.41, 5.74) is 6.12. The Hall–Kier alpha value is -3.73. The predicted octanol–water partition coefficient (Wildman–Crippen LogP) is 5.29. The monoisotopic (exact) mass is 367 g/mol. The number of nitrogens with zero attached hydrogens (tertiary/aromatic N) is 2. The van der Waals surface area contributed by atoms with Gasteiger partial charge in [-0.15, -0.1) is 0 Å². The quantitative estimate of drug-likeness (QED) is 0.452. The van der Waals surface area contributed by atoms with Gasteiger partial charge in [-0.25, -0.2) is 4.98 Å². The zero-order chi connectivity index (χ0) is 18.8. The van der Waals surface area contributed by atoms with Crippen LogP contribution in [0.5, 0.6) is 11.5 Å². The number of fused-ring (bicyclic) bond motifs is 10. The first kappa shape index (κ1) is 15.3. The summed E-state index contributed by atoms with van der Waals surface area (Å²) in [6, 6.07) is 20.7. The van der Waals surface area contributed by atoms with Gasteiger partial charge in [-0.3, -0.25) is 4.40 Å². The zero-order valence-electron chi connectivity index (χ0n) is 15.5. The molecule has 3 heterocycles. The Morgan fingerprint density at radius 3 is 2.36 bits per heavy atom. The lowest BCUT2D eigenvalue weighted by molar-refractivity contribution is 0.355. The Morgan fingerprint density at radius 1 is 0.821 bits per heavy atom. The summed E-state index contributed by atoms with van der Waals surface area (Å²) in [7, 11) is 3.30. The van der Waals surface area contributed by atoms with Gasteiger partial charge in [0.1, 0.15) is 5.65 Å². The second kappa shape index (κ2) is 5.39. The van der Waals surface area contributed by atoms with E-state index in [1.54, 1.807) is 14.2 Å². The number of benzene rings is 3. The molecule has 0 saturated heterocycles. The maximum atomic E-state index is 5.55. The summed E-state index contributed by atoms with van der Waals surface area (Å²) >= 11 is 0. The van der Waals surface area contributed by atoms with Gasteiger partial charge >= 0.3 is 0 Å². The molecule has 3 aromatic heterocycles. The van der Waals surface area contributed by atoms with Crippen LogP contribution in [0.15, 0.2) is 60.7 Å². The lowest BCUT2D eigenvalue weighted by atomic mass is 10.1. The fourth-order valence-electron chi connectivity index (χ4n) is 4.27. The van der Waals surface area contributed by atoms with Crippen molar-refractivity contribution in [3.8, 4) is 11.5 Å². The van der Waals surface area contributed by atoms with Crippen LogP contribution in [0.2, 0.25) is 0 Å². The van der Waals surface area contributed by atoms with Crippen molar-refractivity contribution in [1.82, 2.24) is 14.4 Å². The molecule has 28 heavy (non-hydrogen) atoms. The molecule has 0 unspecified atom stereocenters. The fourth-order valence-corrected chi connectivity index (χ4v) is 4.27. The number of hydrogen-bond acceptors (Lipinski definition) is 3. The van der Waals surface area contributed by atoms with Crippen LogP contribution in [0.3, 0.4) is 0 Å². The third-order valence-corrected chi connectivity index (χ3v) is 5.50. The first-order chi connectivity index (χ1) is 13.8. The molecule has 6 rings (SSSR count). The number of aromatic amines is 1. The highest BCUT2D eigenvalue weighted by molar-refractivity contribution is 6.22.